The van der Waals surface area contributed by atoms with Gasteiger partial charge >= 0.3 is 0 Å². The Morgan fingerprint density at radius 1 is 1.25 bits per heavy atom. The predicted molar refractivity (Wildman–Crippen MR) is 46.0 cm³/mol. The second-order valence-corrected chi connectivity index (χ2v) is 3.02. The molecule has 0 aromatic heterocycles. The van der Waals surface area contributed by atoms with E-state index in [-0.39, 0.29) is 6.42 Å². The lowest BCUT2D eigenvalue weighted by atomic mass is 10.1. The van der Waals surface area contributed by atoms with Crippen LogP contribution in [0, 0.1) is 0 Å². The lowest BCUT2D eigenvalue weighted by Crippen LogP contribution is -2.06. The van der Waals surface area contributed by atoms with Crippen LogP contribution in [-0.4, -0.2) is 12.8 Å². The van der Waals surface area contributed by atoms with Gasteiger partial charge in [0, 0.05) is 11.4 Å². The predicted octanol–water partition coefficient (Wildman–Crippen LogP) is 3.19. The summed E-state index contributed by atoms with van der Waals surface area (Å²) in [5.41, 5.74) is 0.768. The Morgan fingerprint density at radius 2 is 1.83 bits per heavy atom. The summed E-state index contributed by atoms with van der Waals surface area (Å²) in [4.78, 5) is 0. The molecule has 1 aromatic rings. The normalized spacial score (nSPS) is 12.9. The van der Waals surface area contributed by atoms with E-state index >= 15 is 0 Å². The van der Waals surface area contributed by atoms with Crippen LogP contribution < -0.4 is 0 Å². The summed E-state index contributed by atoms with van der Waals surface area (Å²) in [6.45, 7) is -0.928. The molecule has 0 aliphatic heterocycles. The van der Waals surface area contributed by atoms with Crippen LogP contribution in [0.5, 0.6) is 0 Å². The van der Waals surface area contributed by atoms with E-state index in [1.54, 1.807) is 24.3 Å². The van der Waals surface area contributed by atoms with Gasteiger partial charge in [0.15, 0.2) is 0 Å². The molecule has 0 aliphatic rings. The minimum absolute atomic E-state index is 0.119. The molecule has 0 heterocycles. The molecule has 0 radical (unpaired) electrons. The highest BCUT2D eigenvalue weighted by Gasteiger charge is 2.05. The maximum absolute atomic E-state index is 12.5. The fraction of sp³-hybridized carbons (Fsp3) is 0.333. The van der Waals surface area contributed by atoms with Crippen LogP contribution >= 0.6 is 11.6 Å². The first kappa shape index (κ1) is 9.46. The minimum atomic E-state index is -1.40. The first-order valence-corrected chi connectivity index (χ1v) is 4.04. The summed E-state index contributed by atoms with van der Waals surface area (Å²) in [5, 5.41) is 0.606. The summed E-state index contributed by atoms with van der Waals surface area (Å²) in [6, 6.07) is 6.73. The van der Waals surface area contributed by atoms with Crippen molar-refractivity contribution in [3.63, 3.8) is 0 Å². The first-order chi connectivity index (χ1) is 5.72. The van der Waals surface area contributed by atoms with E-state index in [0.717, 1.165) is 5.56 Å². The summed E-state index contributed by atoms with van der Waals surface area (Å²) >= 11 is 5.61. The Kier molecular flexibility index (Phi) is 3.48. The molecule has 0 bridgehead atoms. The standard InChI is InChI=1S/C9H9ClF2/c10-8-3-1-7(2-4-8)5-9(12)6-11/h1-4,9H,5-6H2. The van der Waals surface area contributed by atoms with Gasteiger partial charge in [-0.2, -0.15) is 0 Å². The van der Waals surface area contributed by atoms with E-state index in [1.807, 2.05) is 0 Å². The smallest absolute Gasteiger partial charge is 0.132 e. The summed E-state index contributed by atoms with van der Waals surface area (Å²) in [6.07, 6.45) is -1.28. The van der Waals surface area contributed by atoms with Crippen LogP contribution in [0.25, 0.3) is 0 Å². The average molecular weight is 191 g/mol. The molecule has 3 heteroatoms. The Labute approximate surface area is 75.2 Å². The molecule has 0 spiro atoms. The largest absolute Gasteiger partial charge is 0.248 e. The number of hydrogen-bond acceptors (Lipinski definition) is 0. The maximum atomic E-state index is 12.5. The monoisotopic (exact) mass is 190 g/mol. The van der Waals surface area contributed by atoms with Gasteiger partial charge in [-0.05, 0) is 17.7 Å². The SMILES string of the molecule is FCC(F)Cc1ccc(Cl)cc1. The van der Waals surface area contributed by atoms with Crippen LogP contribution in [-0.2, 0) is 6.42 Å². The van der Waals surface area contributed by atoms with E-state index in [0.29, 0.717) is 5.02 Å². The third-order valence-electron chi connectivity index (χ3n) is 1.54. The summed E-state index contributed by atoms with van der Waals surface area (Å²) in [7, 11) is 0. The lowest BCUT2D eigenvalue weighted by Gasteiger charge is -2.02. The van der Waals surface area contributed by atoms with Crippen molar-refractivity contribution in [3.05, 3.63) is 34.9 Å². The van der Waals surface area contributed by atoms with Gasteiger partial charge in [-0.25, -0.2) is 8.78 Å². The average Bonchev–Trinajstić information content (AvgIpc) is 2.09. The zero-order valence-electron chi connectivity index (χ0n) is 6.43. The summed E-state index contributed by atoms with van der Waals surface area (Å²) < 4.78 is 24.3. The van der Waals surface area contributed by atoms with Gasteiger partial charge in [-0.3, -0.25) is 0 Å². The molecule has 1 rings (SSSR count). The molecular formula is C9H9ClF2. The zero-order chi connectivity index (χ0) is 8.97. The highest BCUT2D eigenvalue weighted by molar-refractivity contribution is 6.30. The molecule has 0 aliphatic carbocycles. The second-order valence-electron chi connectivity index (χ2n) is 2.58. The van der Waals surface area contributed by atoms with Crippen LogP contribution in [0.1, 0.15) is 5.56 Å². The molecule has 0 nitrogen and oxygen atoms in total. The van der Waals surface area contributed by atoms with E-state index in [1.165, 1.54) is 0 Å². The molecule has 66 valence electrons. The van der Waals surface area contributed by atoms with Crippen LogP contribution in [0.3, 0.4) is 0 Å². The van der Waals surface area contributed by atoms with E-state index in [2.05, 4.69) is 0 Å². The molecule has 0 saturated carbocycles. The quantitative estimate of drug-likeness (QED) is 0.687. The van der Waals surface area contributed by atoms with Crippen molar-refractivity contribution in [2.75, 3.05) is 6.67 Å². The number of benzene rings is 1. The van der Waals surface area contributed by atoms with Crippen molar-refractivity contribution in [2.24, 2.45) is 0 Å². The third kappa shape index (κ3) is 2.78. The van der Waals surface area contributed by atoms with Gasteiger partial charge in [0.25, 0.3) is 0 Å². The summed E-state index contributed by atoms with van der Waals surface area (Å²) in [5.74, 6) is 0. The fourth-order valence-electron chi connectivity index (χ4n) is 0.931. The lowest BCUT2D eigenvalue weighted by molar-refractivity contribution is 0.260. The van der Waals surface area contributed by atoms with E-state index in [4.69, 9.17) is 11.6 Å². The molecule has 12 heavy (non-hydrogen) atoms. The van der Waals surface area contributed by atoms with Gasteiger partial charge in [0.1, 0.15) is 12.8 Å². The van der Waals surface area contributed by atoms with Crippen molar-refractivity contribution in [1.82, 2.24) is 0 Å². The van der Waals surface area contributed by atoms with Gasteiger partial charge in [0.05, 0.1) is 0 Å². The number of alkyl halides is 2. The molecule has 0 saturated heterocycles. The van der Waals surface area contributed by atoms with Crippen LogP contribution in [0.15, 0.2) is 24.3 Å². The van der Waals surface area contributed by atoms with Gasteiger partial charge in [-0.1, -0.05) is 23.7 Å². The van der Waals surface area contributed by atoms with Crippen molar-refractivity contribution in [2.45, 2.75) is 12.6 Å². The van der Waals surface area contributed by atoms with E-state index in [9.17, 15) is 8.78 Å². The molecule has 1 unspecified atom stereocenters. The van der Waals surface area contributed by atoms with Crippen molar-refractivity contribution >= 4 is 11.6 Å². The molecule has 1 aromatic carbocycles. The zero-order valence-corrected chi connectivity index (χ0v) is 7.19. The Hall–Kier alpha value is -0.630. The highest BCUT2D eigenvalue weighted by Crippen LogP contribution is 2.12. The molecular weight excluding hydrogens is 182 g/mol. The minimum Gasteiger partial charge on any atom is -0.248 e. The molecule has 0 fully saturated rings. The van der Waals surface area contributed by atoms with Crippen LogP contribution in [0.2, 0.25) is 5.02 Å². The van der Waals surface area contributed by atoms with Gasteiger partial charge in [-0.15, -0.1) is 0 Å². The Morgan fingerprint density at radius 3 is 2.33 bits per heavy atom. The van der Waals surface area contributed by atoms with Crippen molar-refractivity contribution < 1.29 is 8.78 Å². The second kappa shape index (κ2) is 4.41. The third-order valence-corrected chi connectivity index (χ3v) is 1.79. The van der Waals surface area contributed by atoms with Crippen molar-refractivity contribution in [3.8, 4) is 0 Å². The highest BCUT2D eigenvalue weighted by atomic mass is 35.5. The topological polar surface area (TPSA) is 0 Å². The van der Waals surface area contributed by atoms with E-state index < -0.39 is 12.8 Å². The maximum Gasteiger partial charge on any atom is 0.132 e. The van der Waals surface area contributed by atoms with Crippen molar-refractivity contribution in [1.29, 1.82) is 0 Å². The Balaban J connectivity index is 2.58. The number of rotatable bonds is 3. The number of hydrogen-bond donors (Lipinski definition) is 0. The first-order valence-electron chi connectivity index (χ1n) is 3.67. The van der Waals surface area contributed by atoms with Gasteiger partial charge < -0.3 is 0 Å². The fourth-order valence-corrected chi connectivity index (χ4v) is 1.06. The Bertz CT molecular complexity index is 233. The molecule has 0 N–H and O–H groups in total. The molecule has 1 atom stereocenters. The van der Waals surface area contributed by atoms with Gasteiger partial charge in [0.2, 0.25) is 0 Å². The number of halogens is 3. The molecule has 0 amide bonds. The van der Waals surface area contributed by atoms with Crippen LogP contribution in [0.4, 0.5) is 8.78 Å².